The molecule has 26 heavy (non-hydrogen) atoms. The van der Waals surface area contributed by atoms with Gasteiger partial charge in [-0.25, -0.2) is 0 Å². The van der Waals surface area contributed by atoms with Gasteiger partial charge in [0.1, 0.15) is 11.5 Å². The summed E-state index contributed by atoms with van der Waals surface area (Å²) in [6.45, 7) is 4.65. The molecule has 0 saturated carbocycles. The molecule has 2 N–H and O–H groups in total. The van der Waals surface area contributed by atoms with Crippen LogP contribution in [0.15, 0.2) is 54.6 Å². The molecule has 0 aliphatic carbocycles. The van der Waals surface area contributed by atoms with Gasteiger partial charge in [-0.1, -0.05) is 38.1 Å². The van der Waals surface area contributed by atoms with Gasteiger partial charge in [0.25, 0.3) is 11.8 Å². The molecule has 2 rings (SSSR count). The molecule has 6 heteroatoms. The maximum atomic E-state index is 12.1. The second kappa shape index (κ2) is 10.1. The normalized spacial score (nSPS) is 10.3. The van der Waals surface area contributed by atoms with E-state index in [9.17, 15) is 9.59 Å². The molecule has 6 nitrogen and oxygen atoms in total. The van der Waals surface area contributed by atoms with Crippen molar-refractivity contribution in [1.82, 2.24) is 10.9 Å². The van der Waals surface area contributed by atoms with Gasteiger partial charge in [0.15, 0.2) is 6.61 Å². The van der Waals surface area contributed by atoms with Crippen LogP contribution in [-0.2, 0) is 4.79 Å². The van der Waals surface area contributed by atoms with Crippen LogP contribution >= 0.6 is 0 Å². The zero-order chi connectivity index (χ0) is 18.8. The maximum absolute atomic E-state index is 12.1. The third-order valence-corrected chi connectivity index (χ3v) is 3.49. The highest BCUT2D eigenvalue weighted by Gasteiger charge is 2.09. The minimum absolute atomic E-state index is 0.192. The highest BCUT2D eigenvalue weighted by molar-refractivity contribution is 5.95. The van der Waals surface area contributed by atoms with Crippen LogP contribution in [0.25, 0.3) is 0 Å². The third kappa shape index (κ3) is 6.84. The summed E-state index contributed by atoms with van der Waals surface area (Å²) >= 11 is 0. The topological polar surface area (TPSA) is 76.7 Å². The molecule has 0 radical (unpaired) electrons. The van der Waals surface area contributed by atoms with Crippen LogP contribution in [0.4, 0.5) is 0 Å². The Labute approximate surface area is 153 Å². The standard InChI is InChI=1S/C20H24N2O4/c1-15(2)11-12-25-18-10-6-7-16(13-18)20(24)22-21-19(23)14-26-17-8-4-3-5-9-17/h3-10,13,15H,11-12,14H2,1-2H3,(H,21,23)(H,22,24). The summed E-state index contributed by atoms with van der Waals surface area (Å²) in [5.74, 6) is 0.881. The summed E-state index contributed by atoms with van der Waals surface area (Å²) in [7, 11) is 0. The maximum Gasteiger partial charge on any atom is 0.276 e. The molecule has 0 unspecified atom stereocenters. The molecule has 0 heterocycles. The number of amides is 2. The predicted octanol–water partition coefficient (Wildman–Crippen LogP) is 2.95. The van der Waals surface area contributed by atoms with Crippen LogP contribution in [0.3, 0.4) is 0 Å². The summed E-state index contributed by atoms with van der Waals surface area (Å²) in [5.41, 5.74) is 5.09. The first kappa shape index (κ1) is 19.3. The Bertz CT molecular complexity index is 717. The van der Waals surface area contributed by atoms with Gasteiger partial charge >= 0.3 is 0 Å². The van der Waals surface area contributed by atoms with E-state index in [4.69, 9.17) is 9.47 Å². The van der Waals surface area contributed by atoms with Crippen LogP contribution in [0.5, 0.6) is 11.5 Å². The molecule has 0 aliphatic heterocycles. The average molecular weight is 356 g/mol. The monoisotopic (exact) mass is 356 g/mol. The molecule has 0 bridgehead atoms. The van der Waals surface area contributed by atoms with Crippen molar-refractivity contribution in [2.45, 2.75) is 20.3 Å². The van der Waals surface area contributed by atoms with Crippen molar-refractivity contribution >= 4 is 11.8 Å². The molecule has 2 aromatic rings. The number of hydrogen-bond donors (Lipinski definition) is 2. The molecule has 0 aliphatic rings. The fourth-order valence-corrected chi connectivity index (χ4v) is 2.04. The van der Waals surface area contributed by atoms with Crippen LogP contribution in [0.1, 0.15) is 30.6 Å². The number of hydrazine groups is 1. The lowest BCUT2D eigenvalue weighted by Gasteiger charge is -2.11. The Balaban J connectivity index is 1.77. The van der Waals surface area contributed by atoms with E-state index >= 15 is 0 Å². The minimum Gasteiger partial charge on any atom is -0.494 e. The Morgan fingerprint density at radius 1 is 0.923 bits per heavy atom. The fourth-order valence-electron chi connectivity index (χ4n) is 2.04. The van der Waals surface area contributed by atoms with E-state index in [2.05, 4.69) is 24.7 Å². The summed E-state index contributed by atoms with van der Waals surface area (Å²) in [6, 6.07) is 15.8. The SMILES string of the molecule is CC(C)CCOc1cccc(C(=O)NNC(=O)COc2ccccc2)c1. The van der Waals surface area contributed by atoms with Crippen molar-refractivity contribution in [1.29, 1.82) is 0 Å². The Kier molecular flexibility index (Phi) is 7.49. The molecule has 0 fully saturated rings. The van der Waals surface area contributed by atoms with Crippen molar-refractivity contribution in [3.63, 3.8) is 0 Å². The van der Waals surface area contributed by atoms with Gasteiger partial charge in [0, 0.05) is 5.56 Å². The number of hydrogen-bond acceptors (Lipinski definition) is 4. The smallest absolute Gasteiger partial charge is 0.276 e. The quantitative estimate of drug-likeness (QED) is 0.713. The highest BCUT2D eigenvalue weighted by Crippen LogP contribution is 2.14. The largest absolute Gasteiger partial charge is 0.494 e. The molecule has 0 atom stereocenters. The van der Waals surface area contributed by atoms with Gasteiger partial charge in [-0.3, -0.25) is 20.4 Å². The van der Waals surface area contributed by atoms with Crippen molar-refractivity contribution in [3.05, 3.63) is 60.2 Å². The lowest BCUT2D eigenvalue weighted by Crippen LogP contribution is -2.43. The van der Waals surface area contributed by atoms with Gasteiger partial charge in [-0.2, -0.15) is 0 Å². The Morgan fingerprint density at radius 2 is 1.65 bits per heavy atom. The molecule has 0 aromatic heterocycles. The van der Waals surface area contributed by atoms with Crippen LogP contribution in [0.2, 0.25) is 0 Å². The lowest BCUT2D eigenvalue weighted by molar-refractivity contribution is -0.123. The molecule has 0 saturated heterocycles. The number of ether oxygens (including phenoxy) is 2. The zero-order valence-electron chi connectivity index (χ0n) is 15.0. The Morgan fingerprint density at radius 3 is 2.38 bits per heavy atom. The van der Waals surface area contributed by atoms with Crippen molar-refractivity contribution in [2.24, 2.45) is 5.92 Å². The lowest BCUT2D eigenvalue weighted by atomic mass is 10.1. The number of benzene rings is 2. The van der Waals surface area contributed by atoms with Crippen molar-refractivity contribution in [3.8, 4) is 11.5 Å². The van der Waals surface area contributed by atoms with Crippen LogP contribution in [-0.4, -0.2) is 25.0 Å². The van der Waals surface area contributed by atoms with E-state index in [0.717, 1.165) is 6.42 Å². The van der Waals surface area contributed by atoms with E-state index in [0.29, 0.717) is 29.6 Å². The van der Waals surface area contributed by atoms with E-state index in [1.54, 1.807) is 36.4 Å². The van der Waals surface area contributed by atoms with Crippen LogP contribution in [0, 0.1) is 5.92 Å². The van der Waals surface area contributed by atoms with E-state index in [1.807, 2.05) is 18.2 Å². The molecule has 2 amide bonds. The van der Waals surface area contributed by atoms with Gasteiger partial charge < -0.3 is 9.47 Å². The first-order valence-electron chi connectivity index (χ1n) is 8.54. The fraction of sp³-hybridized carbons (Fsp3) is 0.300. The first-order chi connectivity index (χ1) is 12.5. The van der Waals surface area contributed by atoms with E-state index in [1.165, 1.54) is 0 Å². The second-order valence-corrected chi connectivity index (χ2v) is 6.16. The second-order valence-electron chi connectivity index (χ2n) is 6.16. The molecule has 138 valence electrons. The van der Waals surface area contributed by atoms with Crippen molar-refractivity contribution in [2.75, 3.05) is 13.2 Å². The summed E-state index contributed by atoms with van der Waals surface area (Å²) < 4.78 is 10.9. The van der Waals surface area contributed by atoms with Crippen molar-refractivity contribution < 1.29 is 19.1 Å². The third-order valence-electron chi connectivity index (χ3n) is 3.49. The number of rotatable bonds is 8. The number of para-hydroxylation sites is 1. The molecular formula is C20H24N2O4. The minimum atomic E-state index is -0.452. The molecular weight excluding hydrogens is 332 g/mol. The summed E-state index contributed by atoms with van der Waals surface area (Å²) in [4.78, 5) is 23.9. The number of carbonyl (C=O) groups is 2. The molecule has 0 spiro atoms. The summed E-state index contributed by atoms with van der Waals surface area (Å²) in [5, 5.41) is 0. The average Bonchev–Trinajstić information content (AvgIpc) is 2.65. The Hall–Kier alpha value is -3.02. The van der Waals surface area contributed by atoms with E-state index < -0.39 is 11.8 Å². The molecule has 2 aromatic carbocycles. The van der Waals surface area contributed by atoms with Gasteiger partial charge in [0.2, 0.25) is 0 Å². The van der Waals surface area contributed by atoms with Gasteiger partial charge in [-0.05, 0) is 42.7 Å². The van der Waals surface area contributed by atoms with E-state index in [-0.39, 0.29) is 6.61 Å². The summed E-state index contributed by atoms with van der Waals surface area (Å²) in [6.07, 6.45) is 0.938. The first-order valence-corrected chi connectivity index (χ1v) is 8.54. The number of nitrogens with one attached hydrogen (secondary N) is 2. The van der Waals surface area contributed by atoms with Gasteiger partial charge in [-0.15, -0.1) is 0 Å². The zero-order valence-corrected chi connectivity index (χ0v) is 15.0. The number of carbonyl (C=O) groups excluding carboxylic acids is 2. The highest BCUT2D eigenvalue weighted by atomic mass is 16.5. The van der Waals surface area contributed by atoms with Gasteiger partial charge in [0.05, 0.1) is 6.61 Å². The van der Waals surface area contributed by atoms with Crippen LogP contribution < -0.4 is 20.3 Å². The predicted molar refractivity (Wildman–Crippen MR) is 98.9 cm³/mol.